The van der Waals surface area contributed by atoms with E-state index in [2.05, 4.69) is 34.1 Å². The second kappa shape index (κ2) is 6.83. The van der Waals surface area contributed by atoms with E-state index in [1.54, 1.807) is 0 Å². The van der Waals surface area contributed by atoms with E-state index in [1.807, 2.05) is 24.4 Å². The van der Waals surface area contributed by atoms with Crippen molar-refractivity contribution in [2.45, 2.75) is 19.4 Å². The third-order valence-corrected chi connectivity index (χ3v) is 4.16. The average molecular weight is 282 g/mol. The highest BCUT2D eigenvalue weighted by Gasteiger charge is 2.19. The lowest BCUT2D eigenvalue weighted by atomic mass is 9.98. The summed E-state index contributed by atoms with van der Waals surface area (Å²) in [7, 11) is 0. The van der Waals surface area contributed by atoms with E-state index in [0.717, 1.165) is 31.7 Å². The second-order valence-corrected chi connectivity index (χ2v) is 5.84. The van der Waals surface area contributed by atoms with Gasteiger partial charge < -0.3 is 5.11 Å². The van der Waals surface area contributed by atoms with Crippen molar-refractivity contribution >= 4 is 0 Å². The van der Waals surface area contributed by atoms with Crippen LogP contribution in [-0.2, 0) is 6.54 Å². The third-order valence-electron chi connectivity index (χ3n) is 4.16. The zero-order valence-corrected chi connectivity index (χ0v) is 12.3. The Balaban J connectivity index is 1.72. The minimum absolute atomic E-state index is 0.310. The molecular formula is C18H22N2O. The molecule has 2 aromatic rings. The van der Waals surface area contributed by atoms with Crippen LogP contribution in [0.3, 0.4) is 0 Å². The van der Waals surface area contributed by atoms with Crippen molar-refractivity contribution in [3.8, 4) is 11.3 Å². The molecule has 2 heterocycles. The van der Waals surface area contributed by atoms with E-state index in [9.17, 15) is 5.11 Å². The summed E-state index contributed by atoms with van der Waals surface area (Å²) in [6.07, 6.45) is 4.17. The summed E-state index contributed by atoms with van der Waals surface area (Å²) in [5.74, 6) is 0.442. The summed E-state index contributed by atoms with van der Waals surface area (Å²) in [5.41, 5.74) is 3.51. The maximum absolute atomic E-state index is 9.33. The first kappa shape index (κ1) is 14.2. The first-order valence-corrected chi connectivity index (χ1v) is 7.69. The molecule has 1 atom stereocenters. The number of hydrogen-bond donors (Lipinski definition) is 1. The molecule has 1 aliphatic rings. The SMILES string of the molecule is OCC1CCCN(Cc2cccc(-c3ccccn3)c2)C1. The molecule has 1 aliphatic heterocycles. The van der Waals surface area contributed by atoms with E-state index in [-0.39, 0.29) is 0 Å². The molecule has 1 N–H and O–H groups in total. The van der Waals surface area contributed by atoms with Crippen LogP contribution in [0.4, 0.5) is 0 Å². The van der Waals surface area contributed by atoms with Crippen LogP contribution < -0.4 is 0 Å². The number of pyridine rings is 1. The quantitative estimate of drug-likeness (QED) is 0.936. The fourth-order valence-electron chi connectivity index (χ4n) is 3.06. The van der Waals surface area contributed by atoms with E-state index in [1.165, 1.54) is 17.5 Å². The number of nitrogens with zero attached hydrogens (tertiary/aromatic N) is 2. The smallest absolute Gasteiger partial charge is 0.0702 e. The van der Waals surface area contributed by atoms with Gasteiger partial charge in [0.15, 0.2) is 0 Å². The van der Waals surface area contributed by atoms with Gasteiger partial charge in [0.2, 0.25) is 0 Å². The van der Waals surface area contributed by atoms with Crippen LogP contribution in [0.2, 0.25) is 0 Å². The molecule has 1 saturated heterocycles. The van der Waals surface area contributed by atoms with Crippen molar-refractivity contribution in [2.75, 3.05) is 19.7 Å². The van der Waals surface area contributed by atoms with Gasteiger partial charge in [-0.2, -0.15) is 0 Å². The Kier molecular flexibility index (Phi) is 4.63. The van der Waals surface area contributed by atoms with Crippen LogP contribution in [0.1, 0.15) is 18.4 Å². The highest BCUT2D eigenvalue weighted by Crippen LogP contribution is 2.21. The molecule has 3 rings (SSSR count). The molecule has 3 nitrogen and oxygen atoms in total. The summed E-state index contributed by atoms with van der Waals surface area (Å²) >= 11 is 0. The Bertz CT molecular complexity index is 570. The van der Waals surface area contributed by atoms with Crippen LogP contribution in [0.25, 0.3) is 11.3 Å². The fraction of sp³-hybridized carbons (Fsp3) is 0.389. The average Bonchev–Trinajstić information content (AvgIpc) is 2.56. The normalized spacial score (nSPS) is 19.6. The number of likely N-dealkylation sites (tertiary alicyclic amines) is 1. The van der Waals surface area contributed by atoms with Gasteiger partial charge in [-0.25, -0.2) is 0 Å². The van der Waals surface area contributed by atoms with Gasteiger partial charge in [0.1, 0.15) is 0 Å². The molecule has 0 saturated carbocycles. The fourth-order valence-corrected chi connectivity index (χ4v) is 3.06. The number of hydrogen-bond acceptors (Lipinski definition) is 3. The first-order chi connectivity index (χ1) is 10.3. The van der Waals surface area contributed by atoms with Crippen LogP contribution >= 0.6 is 0 Å². The van der Waals surface area contributed by atoms with Crippen LogP contribution in [-0.4, -0.2) is 34.7 Å². The molecule has 0 aliphatic carbocycles. The first-order valence-electron chi connectivity index (χ1n) is 7.69. The van der Waals surface area contributed by atoms with E-state index < -0.39 is 0 Å². The van der Waals surface area contributed by atoms with Gasteiger partial charge in [-0.3, -0.25) is 9.88 Å². The third kappa shape index (κ3) is 3.69. The molecule has 110 valence electrons. The van der Waals surface area contributed by atoms with E-state index in [4.69, 9.17) is 0 Å². The van der Waals surface area contributed by atoms with Crippen molar-refractivity contribution in [2.24, 2.45) is 5.92 Å². The molecule has 0 bridgehead atoms. The van der Waals surface area contributed by atoms with Crippen molar-refractivity contribution in [3.63, 3.8) is 0 Å². The number of aromatic nitrogens is 1. The molecular weight excluding hydrogens is 260 g/mol. The predicted molar refractivity (Wildman–Crippen MR) is 84.8 cm³/mol. The van der Waals surface area contributed by atoms with Gasteiger partial charge in [0.05, 0.1) is 5.69 Å². The topological polar surface area (TPSA) is 36.4 Å². The minimum Gasteiger partial charge on any atom is -0.396 e. The number of piperidine rings is 1. The second-order valence-electron chi connectivity index (χ2n) is 5.84. The summed E-state index contributed by atoms with van der Waals surface area (Å²) in [6.45, 7) is 3.40. The number of aliphatic hydroxyl groups excluding tert-OH is 1. The maximum Gasteiger partial charge on any atom is 0.0702 e. The zero-order chi connectivity index (χ0) is 14.5. The monoisotopic (exact) mass is 282 g/mol. The molecule has 0 amide bonds. The molecule has 1 unspecified atom stereocenters. The highest BCUT2D eigenvalue weighted by molar-refractivity contribution is 5.59. The molecule has 21 heavy (non-hydrogen) atoms. The molecule has 0 radical (unpaired) electrons. The molecule has 3 heteroatoms. The zero-order valence-electron chi connectivity index (χ0n) is 12.3. The van der Waals surface area contributed by atoms with Gasteiger partial charge in [0, 0.05) is 31.5 Å². The van der Waals surface area contributed by atoms with Crippen molar-refractivity contribution in [1.29, 1.82) is 0 Å². The molecule has 1 aromatic heterocycles. The predicted octanol–water partition coefficient (Wildman–Crippen LogP) is 2.95. The highest BCUT2D eigenvalue weighted by atomic mass is 16.3. The van der Waals surface area contributed by atoms with Gasteiger partial charge >= 0.3 is 0 Å². The van der Waals surface area contributed by atoms with Crippen LogP contribution in [0.5, 0.6) is 0 Å². The maximum atomic E-state index is 9.33. The summed E-state index contributed by atoms with van der Waals surface area (Å²) in [4.78, 5) is 6.86. The standard InChI is InChI=1S/C18H22N2O/c21-14-16-6-4-10-20(13-16)12-15-5-3-7-17(11-15)18-8-1-2-9-19-18/h1-3,5,7-9,11,16,21H,4,6,10,12-14H2. The Morgan fingerprint density at radius 1 is 1.19 bits per heavy atom. The summed E-state index contributed by atoms with van der Waals surface area (Å²) in [6, 6.07) is 14.6. The van der Waals surface area contributed by atoms with E-state index in [0.29, 0.717) is 12.5 Å². The largest absolute Gasteiger partial charge is 0.396 e. The molecule has 0 spiro atoms. The van der Waals surface area contributed by atoms with Crippen molar-refractivity contribution in [3.05, 3.63) is 54.2 Å². The Labute approximate surface area is 126 Å². The number of aliphatic hydroxyl groups is 1. The Morgan fingerprint density at radius 3 is 2.95 bits per heavy atom. The minimum atomic E-state index is 0.310. The lowest BCUT2D eigenvalue weighted by Gasteiger charge is -2.31. The lowest BCUT2D eigenvalue weighted by Crippen LogP contribution is -2.36. The lowest BCUT2D eigenvalue weighted by molar-refractivity contribution is 0.116. The molecule has 1 fully saturated rings. The summed E-state index contributed by atoms with van der Waals surface area (Å²) < 4.78 is 0. The Morgan fingerprint density at radius 2 is 2.14 bits per heavy atom. The van der Waals surface area contributed by atoms with Crippen molar-refractivity contribution in [1.82, 2.24) is 9.88 Å². The van der Waals surface area contributed by atoms with Gasteiger partial charge in [-0.1, -0.05) is 24.3 Å². The molecule has 1 aromatic carbocycles. The number of benzene rings is 1. The Hall–Kier alpha value is -1.71. The van der Waals surface area contributed by atoms with Crippen LogP contribution in [0.15, 0.2) is 48.7 Å². The van der Waals surface area contributed by atoms with Gasteiger partial charge in [-0.05, 0) is 49.1 Å². The summed E-state index contributed by atoms with van der Waals surface area (Å²) in [5, 5.41) is 9.33. The number of rotatable bonds is 4. The van der Waals surface area contributed by atoms with E-state index >= 15 is 0 Å². The van der Waals surface area contributed by atoms with Gasteiger partial charge in [0.25, 0.3) is 0 Å². The van der Waals surface area contributed by atoms with Gasteiger partial charge in [-0.15, -0.1) is 0 Å². The van der Waals surface area contributed by atoms with Crippen molar-refractivity contribution < 1.29 is 5.11 Å². The van der Waals surface area contributed by atoms with Crippen LogP contribution in [0, 0.1) is 5.92 Å².